The highest BCUT2D eigenvalue weighted by atomic mass is 16.7. The van der Waals surface area contributed by atoms with Gasteiger partial charge in [0.2, 0.25) is 12.7 Å². The van der Waals surface area contributed by atoms with Crippen LogP contribution in [0, 0.1) is 0 Å². The minimum absolute atomic E-state index is 0.0297. The van der Waals surface area contributed by atoms with E-state index in [1.165, 1.54) is 5.56 Å². The van der Waals surface area contributed by atoms with Crippen LogP contribution in [0.4, 0.5) is 0 Å². The summed E-state index contributed by atoms with van der Waals surface area (Å²) in [7, 11) is 0. The minimum Gasteiger partial charge on any atom is -0.454 e. The fourth-order valence-corrected chi connectivity index (χ4v) is 2.38. The fourth-order valence-electron chi connectivity index (χ4n) is 2.38. The molecule has 1 aliphatic heterocycles. The van der Waals surface area contributed by atoms with Gasteiger partial charge in [-0.3, -0.25) is 4.79 Å². The summed E-state index contributed by atoms with van der Waals surface area (Å²) in [5.74, 6) is 1.64. The Hall–Kier alpha value is -2.49. The number of rotatable bonds is 10. The quantitative estimate of drug-likeness (QED) is 0.298. The summed E-state index contributed by atoms with van der Waals surface area (Å²) in [6, 6.07) is 6.08. The van der Waals surface area contributed by atoms with Crippen LogP contribution in [-0.4, -0.2) is 19.2 Å². The number of amides is 1. The van der Waals surface area contributed by atoms with E-state index in [4.69, 9.17) is 9.47 Å². The van der Waals surface area contributed by atoms with Crippen LogP contribution in [0.2, 0.25) is 0 Å². The molecule has 0 radical (unpaired) electrons. The zero-order valence-electron chi connectivity index (χ0n) is 14.9. The van der Waals surface area contributed by atoms with Gasteiger partial charge < -0.3 is 14.8 Å². The SMILES string of the molecule is CCCNC(=O)/C=C/C=C/CCC/C=C/Cc1ccc2c(c1)OCO2. The molecule has 4 nitrogen and oxygen atoms in total. The number of benzene rings is 1. The van der Waals surface area contributed by atoms with Crippen LogP contribution >= 0.6 is 0 Å². The van der Waals surface area contributed by atoms with Crippen LogP contribution in [0.5, 0.6) is 11.5 Å². The van der Waals surface area contributed by atoms with Gasteiger partial charge in [0.15, 0.2) is 11.5 Å². The van der Waals surface area contributed by atoms with Gasteiger partial charge in [0.05, 0.1) is 0 Å². The van der Waals surface area contributed by atoms with Gasteiger partial charge >= 0.3 is 0 Å². The lowest BCUT2D eigenvalue weighted by atomic mass is 10.1. The second-order valence-corrected chi connectivity index (χ2v) is 5.87. The largest absolute Gasteiger partial charge is 0.454 e. The molecule has 134 valence electrons. The highest BCUT2D eigenvalue weighted by molar-refractivity contribution is 5.87. The molecule has 4 heteroatoms. The predicted octanol–water partition coefficient (Wildman–Crippen LogP) is 4.32. The van der Waals surface area contributed by atoms with Gasteiger partial charge in [-0.1, -0.05) is 43.4 Å². The Bertz CT molecular complexity index is 632. The van der Waals surface area contributed by atoms with Gasteiger partial charge in [-0.25, -0.2) is 0 Å². The molecule has 1 heterocycles. The van der Waals surface area contributed by atoms with E-state index in [1.807, 2.05) is 25.1 Å². The maximum absolute atomic E-state index is 11.3. The summed E-state index contributed by atoms with van der Waals surface area (Å²) in [6.07, 6.45) is 16.8. The summed E-state index contributed by atoms with van der Waals surface area (Å²) in [5.41, 5.74) is 1.23. The lowest BCUT2D eigenvalue weighted by Crippen LogP contribution is -2.21. The molecule has 0 aromatic heterocycles. The molecule has 1 aliphatic rings. The van der Waals surface area contributed by atoms with Crippen molar-refractivity contribution in [3.63, 3.8) is 0 Å². The van der Waals surface area contributed by atoms with E-state index in [9.17, 15) is 4.79 Å². The van der Waals surface area contributed by atoms with Crippen molar-refractivity contribution in [3.05, 3.63) is 60.2 Å². The second kappa shape index (κ2) is 11.1. The second-order valence-electron chi connectivity index (χ2n) is 5.87. The third kappa shape index (κ3) is 7.29. The molecule has 25 heavy (non-hydrogen) atoms. The first kappa shape index (κ1) is 18.8. The van der Waals surface area contributed by atoms with Gasteiger partial charge in [-0.05, 0) is 49.8 Å². The van der Waals surface area contributed by atoms with E-state index < -0.39 is 0 Å². The van der Waals surface area contributed by atoms with E-state index in [-0.39, 0.29) is 5.91 Å². The van der Waals surface area contributed by atoms with E-state index in [0.717, 1.165) is 50.1 Å². The molecule has 0 atom stereocenters. The Labute approximate surface area is 150 Å². The average Bonchev–Trinajstić information content (AvgIpc) is 3.09. The highest BCUT2D eigenvalue weighted by Crippen LogP contribution is 2.32. The van der Waals surface area contributed by atoms with Crippen molar-refractivity contribution in [1.82, 2.24) is 5.32 Å². The van der Waals surface area contributed by atoms with Crippen LogP contribution in [0.25, 0.3) is 0 Å². The van der Waals surface area contributed by atoms with Crippen LogP contribution in [0.3, 0.4) is 0 Å². The zero-order valence-corrected chi connectivity index (χ0v) is 14.9. The maximum atomic E-state index is 11.3. The minimum atomic E-state index is -0.0297. The Morgan fingerprint density at radius 2 is 1.96 bits per heavy atom. The van der Waals surface area contributed by atoms with Crippen molar-refractivity contribution in [3.8, 4) is 11.5 Å². The topological polar surface area (TPSA) is 47.6 Å². The first-order valence-electron chi connectivity index (χ1n) is 8.94. The van der Waals surface area contributed by atoms with Gasteiger partial charge in [0.25, 0.3) is 0 Å². The molecule has 0 fully saturated rings. The Kier molecular flexibility index (Phi) is 8.39. The first-order chi connectivity index (χ1) is 12.3. The summed E-state index contributed by atoms with van der Waals surface area (Å²) in [5, 5.41) is 2.80. The normalized spacial score (nSPS) is 13.3. The number of allylic oxidation sites excluding steroid dienone is 5. The van der Waals surface area contributed by atoms with Crippen molar-refractivity contribution in [2.24, 2.45) is 0 Å². The zero-order chi connectivity index (χ0) is 17.7. The molecule has 1 aromatic carbocycles. The first-order valence-corrected chi connectivity index (χ1v) is 8.94. The van der Waals surface area contributed by atoms with E-state index >= 15 is 0 Å². The highest BCUT2D eigenvalue weighted by Gasteiger charge is 2.12. The summed E-state index contributed by atoms with van der Waals surface area (Å²) >= 11 is 0. The van der Waals surface area contributed by atoms with Gasteiger partial charge in [-0.15, -0.1) is 0 Å². The Morgan fingerprint density at radius 3 is 2.84 bits per heavy atom. The number of ether oxygens (including phenoxy) is 2. The standard InChI is InChI=1S/C21H27NO3/c1-2-15-22-21(23)12-10-8-6-4-3-5-7-9-11-18-13-14-19-20(16-18)25-17-24-19/h6-10,12-14,16H,2-5,11,15,17H2,1H3,(H,22,23)/b8-6+,9-7+,12-10+. The third-order valence-corrected chi connectivity index (χ3v) is 3.74. The number of hydrogen-bond donors (Lipinski definition) is 1. The van der Waals surface area contributed by atoms with Gasteiger partial charge in [0.1, 0.15) is 0 Å². The predicted molar refractivity (Wildman–Crippen MR) is 101 cm³/mol. The Morgan fingerprint density at radius 1 is 1.12 bits per heavy atom. The molecule has 0 aliphatic carbocycles. The van der Waals surface area contributed by atoms with Crippen molar-refractivity contribution in [1.29, 1.82) is 0 Å². The molecule has 1 N–H and O–H groups in total. The number of nitrogens with one attached hydrogen (secondary N) is 1. The van der Waals surface area contributed by atoms with Crippen molar-refractivity contribution >= 4 is 5.91 Å². The molecule has 0 unspecified atom stereocenters. The van der Waals surface area contributed by atoms with E-state index in [2.05, 4.69) is 29.6 Å². The van der Waals surface area contributed by atoms with Crippen LogP contribution < -0.4 is 14.8 Å². The van der Waals surface area contributed by atoms with Crippen LogP contribution in [0.15, 0.2) is 54.7 Å². The van der Waals surface area contributed by atoms with E-state index in [1.54, 1.807) is 12.2 Å². The molecule has 1 amide bonds. The fraction of sp³-hybridized carbons (Fsp3) is 0.381. The number of hydrogen-bond acceptors (Lipinski definition) is 3. The smallest absolute Gasteiger partial charge is 0.243 e. The molecule has 0 saturated carbocycles. The lowest BCUT2D eigenvalue weighted by Gasteiger charge is -1.99. The molecule has 0 spiro atoms. The average molecular weight is 341 g/mol. The summed E-state index contributed by atoms with van der Waals surface area (Å²) in [6.45, 7) is 3.08. The molecule has 2 rings (SSSR count). The molecular weight excluding hydrogens is 314 g/mol. The third-order valence-electron chi connectivity index (χ3n) is 3.74. The molecular formula is C21H27NO3. The van der Waals surface area contributed by atoms with Crippen LogP contribution in [-0.2, 0) is 11.2 Å². The molecule has 0 bridgehead atoms. The van der Waals surface area contributed by atoms with Crippen molar-refractivity contribution in [2.45, 2.75) is 39.0 Å². The number of unbranched alkanes of at least 4 members (excludes halogenated alkanes) is 2. The van der Waals surface area contributed by atoms with Gasteiger partial charge in [0, 0.05) is 12.6 Å². The lowest BCUT2D eigenvalue weighted by molar-refractivity contribution is -0.116. The maximum Gasteiger partial charge on any atom is 0.243 e. The van der Waals surface area contributed by atoms with E-state index in [0.29, 0.717) is 6.79 Å². The molecule has 0 saturated heterocycles. The van der Waals surface area contributed by atoms with Gasteiger partial charge in [-0.2, -0.15) is 0 Å². The van der Waals surface area contributed by atoms with Crippen LogP contribution in [0.1, 0.15) is 38.2 Å². The number of fused-ring (bicyclic) bond motifs is 1. The molecule has 1 aromatic rings. The van der Waals surface area contributed by atoms with Crippen molar-refractivity contribution in [2.75, 3.05) is 13.3 Å². The van der Waals surface area contributed by atoms with Crippen molar-refractivity contribution < 1.29 is 14.3 Å². The summed E-state index contributed by atoms with van der Waals surface area (Å²) in [4.78, 5) is 11.3. The Balaban J connectivity index is 1.55. The number of carbonyl (C=O) groups is 1. The summed E-state index contributed by atoms with van der Waals surface area (Å²) < 4.78 is 10.7. The number of carbonyl (C=O) groups excluding carboxylic acids is 1. The monoisotopic (exact) mass is 341 g/mol.